The number of benzene rings is 3. The van der Waals surface area contributed by atoms with Crippen LogP contribution < -0.4 is 10.1 Å². The maximum atomic E-state index is 13.6. The van der Waals surface area contributed by atoms with Gasteiger partial charge in [0.25, 0.3) is 5.91 Å². The van der Waals surface area contributed by atoms with Crippen molar-refractivity contribution >= 4 is 29.5 Å². The van der Waals surface area contributed by atoms with Crippen LogP contribution in [-0.2, 0) is 19.1 Å². The number of carbonyl (C=O) groups is 3. The smallest absolute Gasteiger partial charge is 0.334 e. The fourth-order valence-corrected chi connectivity index (χ4v) is 5.68. The van der Waals surface area contributed by atoms with E-state index < -0.39 is 35.4 Å². The number of amides is 2. The van der Waals surface area contributed by atoms with Crippen LogP contribution in [0.5, 0.6) is 5.75 Å². The highest BCUT2D eigenvalue weighted by molar-refractivity contribution is 8.04. The molecule has 3 aromatic rings. The van der Waals surface area contributed by atoms with Crippen LogP contribution in [0, 0.1) is 0 Å². The number of para-hydroxylation sites is 1. The van der Waals surface area contributed by atoms with Gasteiger partial charge in [-0.1, -0.05) is 104 Å². The van der Waals surface area contributed by atoms with E-state index in [0.29, 0.717) is 16.2 Å². The van der Waals surface area contributed by atoms with Crippen molar-refractivity contribution in [2.75, 3.05) is 6.61 Å². The molecule has 0 spiro atoms. The topological polar surface area (TPSA) is 84.9 Å². The Balaban J connectivity index is 1.30. The molecule has 2 saturated heterocycles. The van der Waals surface area contributed by atoms with E-state index in [1.807, 2.05) is 66.7 Å². The number of thioether (sulfide) groups is 1. The number of β-lactam (4-membered cyclic amide) rings is 1. The highest BCUT2D eigenvalue weighted by Gasteiger charge is 2.57. The molecular formula is C30H26N2O5S. The fourth-order valence-electron chi connectivity index (χ4n) is 4.46. The number of ether oxygens (including phenoxy) is 2. The first-order valence-electron chi connectivity index (χ1n) is 12.1. The van der Waals surface area contributed by atoms with Gasteiger partial charge in [-0.15, -0.1) is 0 Å². The normalized spacial score (nSPS) is 20.4. The van der Waals surface area contributed by atoms with Gasteiger partial charge >= 0.3 is 5.97 Å². The summed E-state index contributed by atoms with van der Waals surface area (Å²) in [5, 5.41) is 2.22. The number of hydrogen-bond acceptors (Lipinski definition) is 6. The Labute approximate surface area is 225 Å². The number of nitrogens with zero attached hydrogens (tertiary/aromatic N) is 1. The van der Waals surface area contributed by atoms with Crippen molar-refractivity contribution in [2.24, 2.45) is 0 Å². The Bertz CT molecular complexity index is 1320. The number of fused-ring (bicyclic) bond motifs is 1. The Hall–Kier alpha value is -4.30. The molecule has 1 N–H and O–H groups in total. The molecule has 7 nitrogen and oxygen atoms in total. The Morgan fingerprint density at radius 3 is 2.03 bits per heavy atom. The van der Waals surface area contributed by atoms with Crippen molar-refractivity contribution in [2.45, 2.75) is 23.6 Å². The quantitative estimate of drug-likeness (QED) is 0.349. The van der Waals surface area contributed by atoms with Crippen LogP contribution in [0.1, 0.15) is 17.2 Å². The summed E-state index contributed by atoms with van der Waals surface area (Å²) in [6, 6.07) is 25.9. The standard InChI is InChI=1S/C30H26N2O5S/c1-19-20(2)38-29-25(31-24(33)18-36-23-16-10-5-11-17-23)28(34)32(29)26(19)30(35)37-27(21-12-6-3-7-13-21)22-14-8-4-9-15-22/h3-17,25-27,29H,1-2,18H2,(H,31,33)/t25-,26?,29-/m1/s1. The van der Waals surface area contributed by atoms with E-state index >= 15 is 0 Å². The van der Waals surface area contributed by atoms with E-state index in [0.717, 1.165) is 11.1 Å². The average molecular weight is 527 g/mol. The van der Waals surface area contributed by atoms with Gasteiger partial charge < -0.3 is 19.7 Å². The van der Waals surface area contributed by atoms with E-state index in [1.165, 1.54) is 16.7 Å². The van der Waals surface area contributed by atoms with Gasteiger partial charge in [0.2, 0.25) is 5.91 Å². The molecule has 2 aliphatic heterocycles. The molecule has 8 heteroatoms. The summed E-state index contributed by atoms with van der Waals surface area (Å²) in [7, 11) is 0. The molecule has 3 aromatic carbocycles. The second-order valence-corrected chi connectivity index (χ2v) is 10.1. The average Bonchev–Trinajstić information content (AvgIpc) is 2.96. The molecule has 5 rings (SSSR count). The molecule has 2 fully saturated rings. The third kappa shape index (κ3) is 5.08. The number of rotatable bonds is 8. The second kappa shape index (κ2) is 11.0. The monoisotopic (exact) mass is 526 g/mol. The first-order chi connectivity index (χ1) is 18.4. The lowest BCUT2D eigenvalue weighted by atomic mass is 9.97. The predicted octanol–water partition coefficient (Wildman–Crippen LogP) is 4.24. The molecule has 0 aromatic heterocycles. The molecule has 0 bridgehead atoms. The molecular weight excluding hydrogens is 500 g/mol. The lowest BCUT2D eigenvalue weighted by Gasteiger charge is -2.53. The van der Waals surface area contributed by atoms with E-state index in [2.05, 4.69) is 18.5 Å². The van der Waals surface area contributed by atoms with Gasteiger partial charge in [-0.25, -0.2) is 4.79 Å². The second-order valence-electron chi connectivity index (χ2n) is 8.89. The molecule has 3 atom stereocenters. The summed E-state index contributed by atoms with van der Waals surface area (Å²) in [5.41, 5.74) is 2.01. The Kier molecular flexibility index (Phi) is 7.33. The van der Waals surface area contributed by atoms with Gasteiger partial charge in [0.15, 0.2) is 18.8 Å². The van der Waals surface area contributed by atoms with Crippen molar-refractivity contribution in [3.63, 3.8) is 0 Å². The Morgan fingerprint density at radius 1 is 0.895 bits per heavy atom. The van der Waals surface area contributed by atoms with Gasteiger partial charge in [0.1, 0.15) is 17.2 Å². The number of nitrogens with one attached hydrogen (secondary N) is 1. The minimum atomic E-state index is -1.04. The first kappa shape index (κ1) is 25.4. The van der Waals surface area contributed by atoms with Crippen LogP contribution in [0.3, 0.4) is 0 Å². The molecule has 2 amide bonds. The maximum absolute atomic E-state index is 13.6. The van der Waals surface area contributed by atoms with Crippen molar-refractivity contribution < 1.29 is 23.9 Å². The molecule has 0 saturated carbocycles. The van der Waals surface area contributed by atoms with Crippen molar-refractivity contribution in [1.29, 1.82) is 0 Å². The third-order valence-corrected chi connectivity index (χ3v) is 7.69. The molecule has 2 heterocycles. The van der Waals surface area contributed by atoms with E-state index in [-0.39, 0.29) is 12.5 Å². The van der Waals surface area contributed by atoms with E-state index in [1.54, 1.807) is 24.3 Å². The van der Waals surface area contributed by atoms with Crippen LogP contribution in [0.4, 0.5) is 0 Å². The van der Waals surface area contributed by atoms with Crippen LogP contribution >= 0.6 is 11.8 Å². The maximum Gasteiger partial charge on any atom is 0.334 e. The van der Waals surface area contributed by atoms with Crippen molar-refractivity contribution in [3.05, 3.63) is 126 Å². The molecule has 1 unspecified atom stereocenters. The number of carbonyl (C=O) groups excluding carboxylic acids is 3. The summed E-state index contributed by atoms with van der Waals surface area (Å²) in [5.74, 6) is -0.878. The van der Waals surface area contributed by atoms with Crippen molar-refractivity contribution in [1.82, 2.24) is 10.2 Å². The van der Waals surface area contributed by atoms with Crippen molar-refractivity contribution in [3.8, 4) is 5.75 Å². The van der Waals surface area contributed by atoms with Crippen LogP contribution in [0.15, 0.2) is 115 Å². The summed E-state index contributed by atoms with van der Waals surface area (Å²) in [4.78, 5) is 41.3. The summed E-state index contributed by atoms with van der Waals surface area (Å²) in [6.45, 7) is 7.83. The van der Waals surface area contributed by atoms with Crippen LogP contribution in [0.25, 0.3) is 0 Å². The van der Waals surface area contributed by atoms with Gasteiger partial charge in [0.05, 0.1) is 0 Å². The van der Waals surface area contributed by atoms with Crippen LogP contribution in [0.2, 0.25) is 0 Å². The summed E-state index contributed by atoms with van der Waals surface area (Å²) < 4.78 is 11.5. The zero-order valence-electron chi connectivity index (χ0n) is 20.5. The minimum absolute atomic E-state index is 0.236. The van der Waals surface area contributed by atoms with Gasteiger partial charge in [-0.3, -0.25) is 9.59 Å². The van der Waals surface area contributed by atoms with E-state index in [9.17, 15) is 14.4 Å². The highest BCUT2D eigenvalue weighted by atomic mass is 32.2. The fraction of sp³-hybridized carbons (Fsp3) is 0.167. The molecule has 0 aliphatic carbocycles. The van der Waals surface area contributed by atoms with Gasteiger partial charge in [-0.2, -0.15) is 0 Å². The lowest BCUT2D eigenvalue weighted by molar-refractivity contribution is -0.165. The summed E-state index contributed by atoms with van der Waals surface area (Å²) >= 11 is 1.29. The highest BCUT2D eigenvalue weighted by Crippen LogP contribution is 2.46. The van der Waals surface area contributed by atoms with Gasteiger partial charge in [-0.05, 0) is 28.8 Å². The lowest BCUT2D eigenvalue weighted by Crippen LogP contribution is -2.74. The van der Waals surface area contributed by atoms with Gasteiger partial charge in [0, 0.05) is 4.91 Å². The molecule has 38 heavy (non-hydrogen) atoms. The number of hydrogen-bond donors (Lipinski definition) is 1. The first-order valence-corrected chi connectivity index (χ1v) is 13.0. The zero-order chi connectivity index (χ0) is 26.6. The minimum Gasteiger partial charge on any atom is -0.484 e. The predicted molar refractivity (Wildman–Crippen MR) is 145 cm³/mol. The van der Waals surface area contributed by atoms with E-state index in [4.69, 9.17) is 9.47 Å². The zero-order valence-corrected chi connectivity index (χ0v) is 21.3. The molecule has 0 radical (unpaired) electrons. The largest absolute Gasteiger partial charge is 0.484 e. The Morgan fingerprint density at radius 2 is 1.45 bits per heavy atom. The molecule has 192 valence electrons. The van der Waals surface area contributed by atoms with Crippen LogP contribution in [-0.4, -0.2) is 46.7 Å². The third-order valence-electron chi connectivity index (χ3n) is 6.40. The number of esters is 1. The SMILES string of the molecule is C=C1S[C@@H]2[C@H](NC(=O)COc3ccccc3)C(=O)N2C(C(=O)OC(c2ccccc2)c2ccccc2)C1=C. The summed E-state index contributed by atoms with van der Waals surface area (Å²) in [6.07, 6.45) is -0.666. The molecule has 2 aliphatic rings.